The molecule has 6 heteroatoms. The Kier molecular flexibility index (Phi) is 7.49. The second-order valence-electron chi connectivity index (χ2n) is 9.93. The lowest BCUT2D eigenvalue weighted by Gasteiger charge is -2.43. The van der Waals surface area contributed by atoms with Crippen LogP contribution in [0.1, 0.15) is 44.9 Å². The van der Waals surface area contributed by atoms with Gasteiger partial charge in [-0.2, -0.15) is 0 Å². The second-order valence-corrected chi connectivity index (χ2v) is 9.93. The first kappa shape index (κ1) is 21.5. The van der Waals surface area contributed by atoms with Crippen LogP contribution in [-0.4, -0.2) is 99.9 Å². The summed E-state index contributed by atoms with van der Waals surface area (Å²) in [5.74, 6) is 0.969. The molecule has 0 N–H and O–H groups in total. The molecule has 4 rings (SSSR count). The number of esters is 1. The molecule has 1 spiro atoms. The van der Waals surface area contributed by atoms with Crippen LogP contribution in [0.3, 0.4) is 0 Å². The Morgan fingerprint density at radius 2 is 1.66 bits per heavy atom. The summed E-state index contributed by atoms with van der Waals surface area (Å²) in [5.41, 5.74) is 0.126. The lowest BCUT2D eigenvalue weighted by Crippen LogP contribution is -2.47. The van der Waals surface area contributed by atoms with Crippen molar-refractivity contribution in [1.29, 1.82) is 0 Å². The van der Waals surface area contributed by atoms with Crippen LogP contribution in [0.5, 0.6) is 0 Å². The van der Waals surface area contributed by atoms with Gasteiger partial charge in [0.05, 0.1) is 26.2 Å². The number of methoxy groups -OCH3 is 1. The number of morpholine rings is 1. The van der Waals surface area contributed by atoms with Crippen LogP contribution >= 0.6 is 0 Å². The van der Waals surface area contributed by atoms with E-state index in [-0.39, 0.29) is 17.3 Å². The zero-order valence-electron chi connectivity index (χ0n) is 18.4. The van der Waals surface area contributed by atoms with Crippen LogP contribution in [0.15, 0.2) is 0 Å². The Morgan fingerprint density at radius 1 is 0.966 bits per heavy atom. The molecular formula is C23H41N3O3. The van der Waals surface area contributed by atoms with Gasteiger partial charge in [-0.1, -0.05) is 19.3 Å². The van der Waals surface area contributed by atoms with Crippen molar-refractivity contribution < 1.29 is 14.3 Å². The Bertz CT molecular complexity index is 523. The fourth-order valence-electron chi connectivity index (χ4n) is 6.24. The monoisotopic (exact) mass is 407 g/mol. The van der Waals surface area contributed by atoms with Crippen molar-refractivity contribution in [2.24, 2.45) is 17.3 Å². The summed E-state index contributed by atoms with van der Waals surface area (Å²) in [7, 11) is 1.56. The number of hydrogen-bond donors (Lipinski definition) is 0. The minimum atomic E-state index is 0.0135. The standard InChI is InChI=1S/C23H41N3O3/c1-28-22(27)21-18-26(12-11-24-13-15-29-16-14-24)19-23(21)7-9-25(10-8-23)17-20-5-3-2-4-6-20/h20-21H,2-19H2,1H3. The second kappa shape index (κ2) is 10.1. The molecule has 0 bridgehead atoms. The van der Waals surface area contributed by atoms with Crippen molar-refractivity contribution in [3.8, 4) is 0 Å². The zero-order valence-corrected chi connectivity index (χ0v) is 18.4. The van der Waals surface area contributed by atoms with E-state index in [9.17, 15) is 4.79 Å². The number of likely N-dealkylation sites (tertiary alicyclic amines) is 2. The molecule has 1 saturated carbocycles. The number of ether oxygens (including phenoxy) is 2. The van der Waals surface area contributed by atoms with Crippen LogP contribution in [0.2, 0.25) is 0 Å². The highest BCUT2D eigenvalue weighted by atomic mass is 16.5. The molecule has 0 aromatic carbocycles. The maximum atomic E-state index is 12.6. The smallest absolute Gasteiger partial charge is 0.310 e. The van der Waals surface area contributed by atoms with Crippen LogP contribution in [0.25, 0.3) is 0 Å². The molecule has 1 unspecified atom stereocenters. The molecule has 3 heterocycles. The van der Waals surface area contributed by atoms with Crippen molar-refractivity contribution in [1.82, 2.24) is 14.7 Å². The van der Waals surface area contributed by atoms with E-state index >= 15 is 0 Å². The Hall–Kier alpha value is -0.690. The summed E-state index contributed by atoms with van der Waals surface area (Å²) in [6, 6.07) is 0. The molecule has 3 aliphatic heterocycles. The van der Waals surface area contributed by atoms with Crippen molar-refractivity contribution in [3.63, 3.8) is 0 Å². The van der Waals surface area contributed by atoms with Crippen LogP contribution in [-0.2, 0) is 14.3 Å². The molecule has 0 radical (unpaired) electrons. The third kappa shape index (κ3) is 5.33. The largest absolute Gasteiger partial charge is 0.469 e. The molecule has 6 nitrogen and oxygen atoms in total. The van der Waals surface area contributed by atoms with E-state index in [2.05, 4.69) is 14.7 Å². The SMILES string of the molecule is COC(=O)C1CN(CCN2CCOCC2)CC12CCN(CC1CCCCC1)CC2. The fourth-order valence-corrected chi connectivity index (χ4v) is 6.24. The highest BCUT2D eigenvalue weighted by Crippen LogP contribution is 2.45. The number of piperidine rings is 1. The van der Waals surface area contributed by atoms with E-state index in [1.165, 1.54) is 38.6 Å². The molecule has 166 valence electrons. The van der Waals surface area contributed by atoms with Crippen LogP contribution in [0.4, 0.5) is 0 Å². The van der Waals surface area contributed by atoms with Gasteiger partial charge in [-0.15, -0.1) is 0 Å². The normalized spacial score (nSPS) is 30.0. The van der Waals surface area contributed by atoms with Crippen LogP contribution in [0, 0.1) is 17.3 Å². The Morgan fingerprint density at radius 3 is 2.34 bits per heavy atom. The predicted octanol–water partition coefficient (Wildman–Crippen LogP) is 2.09. The number of carbonyl (C=O) groups excluding carboxylic acids is 1. The Labute approximate surface area is 176 Å². The highest BCUT2D eigenvalue weighted by molar-refractivity contribution is 5.74. The van der Waals surface area contributed by atoms with Crippen molar-refractivity contribution in [3.05, 3.63) is 0 Å². The topological polar surface area (TPSA) is 45.3 Å². The summed E-state index contributed by atoms with van der Waals surface area (Å²) < 4.78 is 10.7. The molecule has 0 amide bonds. The molecule has 4 fully saturated rings. The number of hydrogen-bond acceptors (Lipinski definition) is 6. The van der Waals surface area contributed by atoms with E-state index in [1.54, 1.807) is 7.11 Å². The van der Waals surface area contributed by atoms with Crippen molar-refractivity contribution >= 4 is 5.97 Å². The van der Waals surface area contributed by atoms with E-state index in [0.29, 0.717) is 0 Å². The first-order valence-corrected chi connectivity index (χ1v) is 12.0. The highest BCUT2D eigenvalue weighted by Gasteiger charge is 2.51. The van der Waals surface area contributed by atoms with E-state index in [4.69, 9.17) is 9.47 Å². The zero-order chi connectivity index (χ0) is 20.1. The fraction of sp³-hybridized carbons (Fsp3) is 0.957. The van der Waals surface area contributed by atoms with Crippen molar-refractivity contribution in [2.45, 2.75) is 44.9 Å². The molecule has 29 heavy (non-hydrogen) atoms. The summed E-state index contributed by atoms with van der Waals surface area (Å²) >= 11 is 0. The van der Waals surface area contributed by atoms with Gasteiger partial charge in [0.1, 0.15) is 0 Å². The average molecular weight is 408 g/mol. The van der Waals surface area contributed by atoms with Gasteiger partial charge < -0.3 is 19.3 Å². The molecule has 1 atom stereocenters. The molecule has 0 aromatic rings. The third-order valence-corrected chi connectivity index (χ3v) is 8.13. The van der Waals surface area contributed by atoms with Gasteiger partial charge >= 0.3 is 5.97 Å². The minimum Gasteiger partial charge on any atom is -0.469 e. The van der Waals surface area contributed by atoms with Crippen molar-refractivity contribution in [2.75, 3.05) is 79.2 Å². The van der Waals surface area contributed by atoms with Gasteiger partial charge in [-0.3, -0.25) is 9.69 Å². The van der Waals surface area contributed by atoms with Gasteiger partial charge in [-0.05, 0) is 44.7 Å². The summed E-state index contributed by atoms with van der Waals surface area (Å²) in [6.45, 7) is 11.4. The van der Waals surface area contributed by atoms with E-state index in [0.717, 1.165) is 84.3 Å². The first-order valence-electron chi connectivity index (χ1n) is 12.0. The predicted molar refractivity (Wildman–Crippen MR) is 114 cm³/mol. The third-order valence-electron chi connectivity index (χ3n) is 8.13. The molecule has 1 aliphatic carbocycles. The van der Waals surface area contributed by atoms with E-state index in [1.807, 2.05) is 0 Å². The van der Waals surface area contributed by atoms with Gasteiger partial charge in [-0.25, -0.2) is 0 Å². The summed E-state index contributed by atoms with van der Waals surface area (Å²) in [5, 5.41) is 0. The molecular weight excluding hydrogens is 366 g/mol. The lowest BCUT2D eigenvalue weighted by atomic mass is 9.70. The molecule has 0 aromatic heterocycles. The quantitative estimate of drug-likeness (QED) is 0.629. The van der Waals surface area contributed by atoms with Gasteiger partial charge in [0.25, 0.3) is 0 Å². The van der Waals surface area contributed by atoms with Gasteiger partial charge in [0.2, 0.25) is 0 Å². The lowest BCUT2D eigenvalue weighted by molar-refractivity contribution is -0.149. The summed E-state index contributed by atoms with van der Waals surface area (Å²) in [6.07, 6.45) is 9.40. The molecule has 3 saturated heterocycles. The summed E-state index contributed by atoms with van der Waals surface area (Å²) in [4.78, 5) is 20.4. The maximum absolute atomic E-state index is 12.6. The molecule has 4 aliphatic rings. The first-order chi connectivity index (χ1) is 14.2. The maximum Gasteiger partial charge on any atom is 0.310 e. The van der Waals surface area contributed by atoms with E-state index < -0.39 is 0 Å². The number of nitrogens with zero attached hydrogens (tertiary/aromatic N) is 3. The number of rotatable bonds is 6. The van der Waals surface area contributed by atoms with Gasteiger partial charge in [0, 0.05) is 51.2 Å². The number of carbonyl (C=O) groups is 1. The van der Waals surface area contributed by atoms with Crippen LogP contribution < -0.4 is 0 Å². The average Bonchev–Trinajstić information content (AvgIpc) is 3.13. The minimum absolute atomic E-state index is 0.0135. The van der Waals surface area contributed by atoms with Gasteiger partial charge in [0.15, 0.2) is 0 Å². The Balaban J connectivity index is 1.31.